The molecule has 0 radical (unpaired) electrons. The van der Waals surface area contributed by atoms with Crippen LogP contribution in [0.15, 0.2) is 53.6 Å². The van der Waals surface area contributed by atoms with Gasteiger partial charge in [0.1, 0.15) is 0 Å². The van der Waals surface area contributed by atoms with E-state index in [0.717, 1.165) is 0 Å². The van der Waals surface area contributed by atoms with E-state index >= 15 is 0 Å². The summed E-state index contributed by atoms with van der Waals surface area (Å²) >= 11 is 0. The molecule has 0 aromatic heterocycles. The van der Waals surface area contributed by atoms with Crippen molar-refractivity contribution in [3.63, 3.8) is 0 Å². The van der Waals surface area contributed by atoms with Crippen LogP contribution in [0.2, 0.25) is 0 Å². The maximum atomic E-state index is 12.8. The largest absolute Gasteiger partial charge is 0.493 e. The number of nitrogens with zero attached hydrogens (tertiary/aromatic N) is 1. The minimum Gasteiger partial charge on any atom is -0.493 e. The minimum absolute atomic E-state index is 0.0251. The summed E-state index contributed by atoms with van der Waals surface area (Å²) in [7, 11) is 7.34. The maximum absolute atomic E-state index is 12.8. The molecule has 13 heteroatoms. The molecule has 44 heavy (non-hydrogen) atoms. The average Bonchev–Trinajstić information content (AvgIpc) is 3.04. The Labute approximate surface area is 255 Å². The van der Waals surface area contributed by atoms with Crippen LogP contribution in [0, 0.1) is 0 Å². The molecule has 0 fully saturated rings. The van der Waals surface area contributed by atoms with Crippen LogP contribution in [-0.2, 0) is 4.79 Å². The number of benzene rings is 3. The summed E-state index contributed by atoms with van der Waals surface area (Å²) in [5.41, 5.74) is 3.53. The highest BCUT2D eigenvalue weighted by molar-refractivity contribution is 5.96. The van der Waals surface area contributed by atoms with E-state index in [1.807, 2.05) is 0 Å². The van der Waals surface area contributed by atoms with E-state index in [4.69, 9.17) is 33.2 Å². The summed E-state index contributed by atoms with van der Waals surface area (Å²) in [5, 5.41) is 6.63. The number of hydrogen-bond acceptors (Lipinski definition) is 11. The van der Waals surface area contributed by atoms with Gasteiger partial charge in [-0.25, -0.2) is 10.2 Å². The molecular formula is C31H35N3O10. The molecule has 0 unspecified atom stereocenters. The molecule has 13 nitrogen and oxygen atoms in total. The molecule has 3 aromatic rings. The fraction of sp³-hybridized carbons (Fsp3) is 0.290. The first-order valence-electron chi connectivity index (χ1n) is 13.4. The first-order valence-corrected chi connectivity index (χ1v) is 13.4. The molecule has 0 aliphatic heterocycles. The molecule has 0 bridgehead atoms. The third-order valence-electron chi connectivity index (χ3n) is 6.06. The van der Waals surface area contributed by atoms with Crippen molar-refractivity contribution in [2.24, 2.45) is 5.10 Å². The first-order chi connectivity index (χ1) is 21.3. The Bertz CT molecular complexity index is 1480. The smallest absolute Gasteiger partial charge is 0.343 e. The van der Waals surface area contributed by atoms with Crippen LogP contribution in [0.25, 0.3) is 0 Å². The van der Waals surface area contributed by atoms with Crippen molar-refractivity contribution in [3.8, 4) is 40.2 Å². The molecule has 0 aliphatic carbocycles. The normalized spacial score (nSPS) is 10.5. The lowest BCUT2D eigenvalue weighted by molar-refractivity contribution is -0.120. The second kappa shape index (κ2) is 16.2. The number of ether oxygens (including phenoxy) is 7. The van der Waals surface area contributed by atoms with Gasteiger partial charge in [-0.2, -0.15) is 5.10 Å². The van der Waals surface area contributed by atoms with Gasteiger partial charge in [-0.15, -0.1) is 0 Å². The van der Waals surface area contributed by atoms with Crippen LogP contribution in [0.1, 0.15) is 39.6 Å². The Hall–Kier alpha value is -5.46. The highest BCUT2D eigenvalue weighted by Gasteiger charge is 2.18. The Morgan fingerprint density at radius 3 is 1.98 bits per heavy atom. The van der Waals surface area contributed by atoms with Gasteiger partial charge in [0.05, 0.1) is 53.9 Å². The zero-order valence-corrected chi connectivity index (χ0v) is 25.3. The third-order valence-corrected chi connectivity index (χ3v) is 6.06. The second-order valence-electron chi connectivity index (χ2n) is 8.81. The molecule has 3 rings (SSSR count). The van der Waals surface area contributed by atoms with Gasteiger partial charge in [0.15, 0.2) is 34.5 Å². The lowest BCUT2D eigenvalue weighted by atomic mass is 10.1. The minimum atomic E-state index is -0.613. The number of carbonyl (C=O) groups is 3. The van der Waals surface area contributed by atoms with Gasteiger partial charge >= 0.3 is 5.97 Å². The number of hydrogen-bond donors (Lipinski definition) is 2. The fourth-order valence-corrected chi connectivity index (χ4v) is 3.92. The molecule has 0 saturated heterocycles. The Morgan fingerprint density at radius 1 is 0.727 bits per heavy atom. The summed E-state index contributed by atoms with van der Waals surface area (Å²) < 4.78 is 37.5. The van der Waals surface area contributed by atoms with Crippen molar-refractivity contribution in [2.45, 2.75) is 13.3 Å². The number of hydrazone groups is 1. The van der Waals surface area contributed by atoms with Gasteiger partial charge in [-0.05, 0) is 61.0 Å². The van der Waals surface area contributed by atoms with E-state index < -0.39 is 17.8 Å². The number of nitrogens with one attached hydrogen (secondary N) is 2. The van der Waals surface area contributed by atoms with E-state index in [1.165, 1.54) is 60.0 Å². The molecule has 0 spiro atoms. The van der Waals surface area contributed by atoms with E-state index in [0.29, 0.717) is 46.7 Å². The van der Waals surface area contributed by atoms with E-state index in [-0.39, 0.29) is 29.8 Å². The number of carbonyl (C=O) groups excluding carboxylic acids is 3. The lowest BCUT2D eigenvalue weighted by Crippen LogP contribution is -2.29. The predicted molar refractivity (Wildman–Crippen MR) is 161 cm³/mol. The van der Waals surface area contributed by atoms with Crippen LogP contribution in [0.5, 0.6) is 40.2 Å². The molecule has 2 N–H and O–H groups in total. The predicted octanol–water partition coefficient (Wildman–Crippen LogP) is 3.62. The number of rotatable bonds is 15. The Morgan fingerprint density at radius 2 is 1.36 bits per heavy atom. The quantitative estimate of drug-likeness (QED) is 0.113. The van der Waals surface area contributed by atoms with Crippen LogP contribution >= 0.6 is 0 Å². The van der Waals surface area contributed by atoms with E-state index in [1.54, 1.807) is 37.3 Å². The highest BCUT2D eigenvalue weighted by atomic mass is 16.6. The van der Waals surface area contributed by atoms with Crippen molar-refractivity contribution in [2.75, 3.05) is 48.7 Å². The molecule has 0 heterocycles. The Kier molecular flexibility index (Phi) is 12.2. The average molecular weight is 610 g/mol. The monoisotopic (exact) mass is 609 g/mol. The molecule has 3 aromatic carbocycles. The topological polar surface area (TPSA) is 152 Å². The summed E-state index contributed by atoms with van der Waals surface area (Å²) in [6.07, 6.45) is 1.39. The zero-order chi connectivity index (χ0) is 32.1. The molecular weight excluding hydrogens is 574 g/mol. The van der Waals surface area contributed by atoms with Gasteiger partial charge in [0.2, 0.25) is 11.7 Å². The first kappa shape index (κ1) is 33.0. The molecule has 0 saturated carbocycles. The number of methoxy groups -OCH3 is 5. The van der Waals surface area contributed by atoms with Crippen LogP contribution in [0.3, 0.4) is 0 Å². The number of esters is 1. The van der Waals surface area contributed by atoms with Crippen LogP contribution in [0.4, 0.5) is 0 Å². The molecule has 0 atom stereocenters. The molecule has 234 valence electrons. The molecule has 0 aliphatic rings. The molecule has 2 amide bonds. The van der Waals surface area contributed by atoms with Crippen molar-refractivity contribution < 1.29 is 47.5 Å². The van der Waals surface area contributed by atoms with Gasteiger partial charge in [0, 0.05) is 18.5 Å². The van der Waals surface area contributed by atoms with Gasteiger partial charge in [-0.1, -0.05) is 0 Å². The van der Waals surface area contributed by atoms with E-state index in [2.05, 4.69) is 15.8 Å². The van der Waals surface area contributed by atoms with Crippen LogP contribution < -0.4 is 43.9 Å². The van der Waals surface area contributed by atoms with Crippen molar-refractivity contribution >= 4 is 24.0 Å². The summed E-state index contributed by atoms with van der Waals surface area (Å²) in [6, 6.07) is 12.5. The van der Waals surface area contributed by atoms with Gasteiger partial charge < -0.3 is 38.5 Å². The second-order valence-corrected chi connectivity index (χ2v) is 8.81. The van der Waals surface area contributed by atoms with Crippen molar-refractivity contribution in [1.29, 1.82) is 0 Å². The number of amides is 2. The lowest BCUT2D eigenvalue weighted by Gasteiger charge is -2.14. The zero-order valence-electron chi connectivity index (χ0n) is 25.3. The van der Waals surface area contributed by atoms with Crippen molar-refractivity contribution in [3.05, 3.63) is 65.2 Å². The standard InChI is InChI=1S/C31H35N3O10/c1-7-43-25-14-19(8-10-23(25)44-31(37)20-9-11-22(38-2)24(15-20)39-3)18-33-34-28(35)12-13-32-30(36)21-16-26(40-4)29(42-6)27(17-21)41-5/h8-11,14-18H,7,12-13H2,1-6H3,(H,32,36)(H,34,35)/b33-18+. The van der Waals surface area contributed by atoms with Crippen LogP contribution in [-0.4, -0.2) is 72.7 Å². The SMILES string of the molecule is CCOc1cc(/C=N/NC(=O)CCNC(=O)c2cc(OC)c(OC)c(OC)c2)ccc1OC(=O)c1ccc(OC)c(OC)c1. The summed E-state index contributed by atoms with van der Waals surface area (Å²) in [4.78, 5) is 37.6. The van der Waals surface area contributed by atoms with Gasteiger partial charge in [0.25, 0.3) is 5.91 Å². The van der Waals surface area contributed by atoms with E-state index in [9.17, 15) is 14.4 Å². The highest BCUT2D eigenvalue weighted by Crippen LogP contribution is 2.38. The fourth-order valence-electron chi connectivity index (χ4n) is 3.92. The van der Waals surface area contributed by atoms with Crippen molar-refractivity contribution in [1.82, 2.24) is 10.7 Å². The summed E-state index contributed by atoms with van der Waals surface area (Å²) in [6.45, 7) is 2.17. The summed E-state index contributed by atoms with van der Waals surface area (Å²) in [5.74, 6) is 0.966. The third kappa shape index (κ3) is 8.53. The maximum Gasteiger partial charge on any atom is 0.343 e. The van der Waals surface area contributed by atoms with Gasteiger partial charge in [-0.3, -0.25) is 9.59 Å². The Balaban J connectivity index is 1.56.